The average molecular weight is 347 g/mol. The molecule has 0 aliphatic heterocycles. The van der Waals surface area contributed by atoms with Crippen LogP contribution in [0.4, 0.5) is 0 Å². The number of carbonyl (C=O) groups is 1. The van der Waals surface area contributed by atoms with Gasteiger partial charge in [0.2, 0.25) is 5.91 Å². The highest BCUT2D eigenvalue weighted by Crippen LogP contribution is 2.55. The fraction of sp³-hybridized carbons (Fsp3) is 0.550. The smallest absolute Gasteiger partial charge is 0.219 e. The number of amides is 1. The summed E-state index contributed by atoms with van der Waals surface area (Å²) in [5.41, 5.74) is 0.995. The molecule has 0 radical (unpaired) electrons. The van der Waals surface area contributed by atoms with Crippen LogP contribution in [0.1, 0.15) is 45.1 Å². The van der Waals surface area contributed by atoms with Crippen LogP contribution in [0.3, 0.4) is 0 Å². The van der Waals surface area contributed by atoms with Crippen LogP contribution in [0.2, 0.25) is 0 Å². The first-order chi connectivity index (χ1) is 11.9. The van der Waals surface area contributed by atoms with Gasteiger partial charge in [-0.15, -0.1) is 0 Å². The fourth-order valence-corrected chi connectivity index (χ4v) is 3.30. The van der Waals surface area contributed by atoms with E-state index in [0.29, 0.717) is 19.6 Å². The highest BCUT2D eigenvalue weighted by atomic mass is 16.5. The monoisotopic (exact) mass is 347 g/mol. The van der Waals surface area contributed by atoms with Gasteiger partial charge in [0, 0.05) is 18.9 Å². The second-order valence-electron chi connectivity index (χ2n) is 6.80. The summed E-state index contributed by atoms with van der Waals surface area (Å²) in [6, 6.07) is 9.34. The van der Waals surface area contributed by atoms with E-state index in [2.05, 4.69) is 6.58 Å². The number of hydrogen-bond donors (Lipinski definition) is 2. The van der Waals surface area contributed by atoms with Crippen molar-refractivity contribution in [3.8, 4) is 0 Å². The van der Waals surface area contributed by atoms with Gasteiger partial charge in [0.1, 0.15) is 6.61 Å². The van der Waals surface area contributed by atoms with Crippen molar-refractivity contribution in [2.24, 2.45) is 5.41 Å². The maximum atomic E-state index is 11.7. The third-order valence-electron chi connectivity index (χ3n) is 5.11. The molecule has 138 valence electrons. The van der Waals surface area contributed by atoms with Crippen molar-refractivity contribution in [2.75, 3.05) is 6.54 Å². The lowest BCUT2D eigenvalue weighted by Crippen LogP contribution is -2.46. The summed E-state index contributed by atoms with van der Waals surface area (Å²) in [7, 11) is 0. The van der Waals surface area contributed by atoms with E-state index in [-0.39, 0.29) is 11.3 Å². The van der Waals surface area contributed by atoms with E-state index < -0.39 is 12.3 Å². The van der Waals surface area contributed by atoms with Crippen LogP contribution in [0, 0.1) is 5.41 Å². The fourth-order valence-electron chi connectivity index (χ4n) is 3.30. The maximum Gasteiger partial charge on any atom is 0.219 e. The number of allylic oxidation sites excluding steroid dienone is 1. The second kappa shape index (κ2) is 8.50. The Hall–Kier alpha value is -1.85. The van der Waals surface area contributed by atoms with Gasteiger partial charge in [0.25, 0.3) is 0 Å². The molecule has 1 aromatic carbocycles. The lowest BCUT2D eigenvalue weighted by molar-refractivity contribution is -0.146. The Bertz CT molecular complexity index is 581. The van der Waals surface area contributed by atoms with Gasteiger partial charge < -0.3 is 19.8 Å². The van der Waals surface area contributed by atoms with Gasteiger partial charge in [0.15, 0.2) is 6.29 Å². The third kappa shape index (κ3) is 5.06. The molecule has 2 N–H and O–H groups in total. The van der Waals surface area contributed by atoms with Crippen LogP contribution in [0.5, 0.6) is 0 Å². The highest BCUT2D eigenvalue weighted by molar-refractivity contribution is 5.73. The summed E-state index contributed by atoms with van der Waals surface area (Å²) >= 11 is 0. The maximum absolute atomic E-state index is 11.7. The first-order valence-corrected chi connectivity index (χ1v) is 8.89. The van der Waals surface area contributed by atoms with Crippen LogP contribution >= 0.6 is 0 Å². The standard InChI is InChI=1S/C20H29NO4/c1-4-21(16(3)22)18(19(23)24)10-11-20(12-13-20)15(2)25-14-17-8-6-5-7-9-17/h5-9,18-19,23-24H,2,4,10-14H2,1,3H3. The van der Waals surface area contributed by atoms with E-state index in [1.807, 2.05) is 37.3 Å². The van der Waals surface area contributed by atoms with E-state index in [0.717, 1.165) is 30.6 Å². The number of nitrogens with zero attached hydrogens (tertiary/aromatic N) is 1. The van der Waals surface area contributed by atoms with Crippen molar-refractivity contribution in [1.82, 2.24) is 4.90 Å². The highest BCUT2D eigenvalue weighted by Gasteiger charge is 2.47. The lowest BCUT2D eigenvalue weighted by Gasteiger charge is -2.32. The Morgan fingerprint density at radius 2 is 1.96 bits per heavy atom. The number of rotatable bonds is 10. The molecule has 1 amide bonds. The summed E-state index contributed by atoms with van der Waals surface area (Å²) in [5.74, 6) is 0.609. The molecule has 1 aliphatic rings. The molecule has 0 aromatic heterocycles. The third-order valence-corrected chi connectivity index (χ3v) is 5.11. The van der Waals surface area contributed by atoms with Gasteiger partial charge in [-0.05, 0) is 38.2 Å². The second-order valence-corrected chi connectivity index (χ2v) is 6.80. The van der Waals surface area contributed by atoms with E-state index in [1.165, 1.54) is 11.8 Å². The molecule has 0 heterocycles. The molecule has 1 unspecified atom stereocenters. The normalized spacial score (nSPS) is 16.4. The number of aliphatic hydroxyl groups is 2. The van der Waals surface area contributed by atoms with Crippen LogP contribution in [0.25, 0.3) is 0 Å². The average Bonchev–Trinajstić information content (AvgIpc) is 3.37. The Balaban J connectivity index is 1.91. The van der Waals surface area contributed by atoms with Crippen LogP contribution in [-0.4, -0.2) is 39.9 Å². The minimum Gasteiger partial charge on any atom is -0.493 e. The van der Waals surface area contributed by atoms with E-state index in [1.54, 1.807) is 0 Å². The minimum atomic E-state index is -1.54. The molecule has 5 nitrogen and oxygen atoms in total. The molecule has 5 heteroatoms. The molecule has 1 aliphatic carbocycles. The summed E-state index contributed by atoms with van der Waals surface area (Å²) in [5, 5.41) is 19.4. The van der Waals surface area contributed by atoms with E-state index in [4.69, 9.17) is 4.74 Å². The lowest BCUT2D eigenvalue weighted by atomic mass is 9.94. The zero-order valence-corrected chi connectivity index (χ0v) is 15.1. The topological polar surface area (TPSA) is 70.0 Å². The molecule has 1 fully saturated rings. The van der Waals surface area contributed by atoms with Crippen molar-refractivity contribution in [3.05, 3.63) is 48.2 Å². The van der Waals surface area contributed by atoms with E-state index in [9.17, 15) is 15.0 Å². The number of carbonyl (C=O) groups excluding carboxylic acids is 1. The Morgan fingerprint density at radius 1 is 1.32 bits per heavy atom. The molecule has 2 rings (SSSR count). The molecule has 1 aromatic rings. The van der Waals surface area contributed by atoms with Gasteiger partial charge in [0.05, 0.1) is 11.8 Å². The molecule has 0 spiro atoms. The van der Waals surface area contributed by atoms with Crippen molar-refractivity contribution in [1.29, 1.82) is 0 Å². The van der Waals surface area contributed by atoms with Crippen LogP contribution < -0.4 is 0 Å². The summed E-state index contributed by atoms with van der Waals surface area (Å²) < 4.78 is 5.88. The molecule has 0 saturated heterocycles. The quantitative estimate of drug-likeness (QED) is 0.504. The minimum absolute atomic E-state index is 0.0991. The Morgan fingerprint density at radius 3 is 2.44 bits per heavy atom. The summed E-state index contributed by atoms with van der Waals surface area (Å²) in [6.45, 7) is 8.33. The molecule has 25 heavy (non-hydrogen) atoms. The van der Waals surface area contributed by atoms with Crippen molar-refractivity contribution in [3.63, 3.8) is 0 Å². The number of hydrogen-bond acceptors (Lipinski definition) is 4. The largest absolute Gasteiger partial charge is 0.493 e. The molecular weight excluding hydrogens is 318 g/mol. The number of aliphatic hydroxyl groups excluding tert-OH is 1. The van der Waals surface area contributed by atoms with Crippen molar-refractivity contribution in [2.45, 2.75) is 58.5 Å². The predicted molar refractivity (Wildman–Crippen MR) is 96.3 cm³/mol. The van der Waals surface area contributed by atoms with Gasteiger partial charge in [-0.2, -0.15) is 0 Å². The van der Waals surface area contributed by atoms with Gasteiger partial charge in [-0.25, -0.2) is 0 Å². The zero-order chi connectivity index (χ0) is 18.4. The first kappa shape index (κ1) is 19.5. The number of likely N-dealkylation sites (N-methyl/N-ethyl adjacent to an activating group) is 1. The van der Waals surface area contributed by atoms with E-state index >= 15 is 0 Å². The number of benzene rings is 1. The molecular formula is C20H29NO4. The SMILES string of the molecule is C=C(OCc1ccccc1)C1(CCC(C(O)O)N(CC)C(C)=O)CC1. The van der Waals surface area contributed by atoms with Crippen molar-refractivity contribution >= 4 is 5.91 Å². The van der Waals surface area contributed by atoms with Crippen molar-refractivity contribution < 1.29 is 19.7 Å². The molecule has 0 bridgehead atoms. The van der Waals surface area contributed by atoms with Gasteiger partial charge >= 0.3 is 0 Å². The van der Waals surface area contributed by atoms with Gasteiger partial charge in [-0.1, -0.05) is 36.9 Å². The summed E-state index contributed by atoms with van der Waals surface area (Å²) in [4.78, 5) is 13.2. The zero-order valence-electron chi connectivity index (χ0n) is 15.1. The Labute approximate surface area is 149 Å². The molecule has 1 atom stereocenters. The Kier molecular flexibility index (Phi) is 6.62. The molecule has 1 saturated carbocycles. The summed E-state index contributed by atoms with van der Waals surface area (Å²) in [6.07, 6.45) is 1.67. The van der Waals surface area contributed by atoms with Crippen LogP contribution in [0.15, 0.2) is 42.7 Å². The number of ether oxygens (including phenoxy) is 1. The first-order valence-electron chi connectivity index (χ1n) is 8.89. The predicted octanol–water partition coefficient (Wildman–Crippen LogP) is 2.83. The van der Waals surface area contributed by atoms with Crippen LogP contribution in [-0.2, 0) is 16.1 Å². The van der Waals surface area contributed by atoms with Gasteiger partial charge in [-0.3, -0.25) is 4.79 Å².